The van der Waals surface area contributed by atoms with Gasteiger partial charge in [0.1, 0.15) is 0 Å². The lowest BCUT2D eigenvalue weighted by atomic mass is 10.2. The first-order chi connectivity index (χ1) is 3.41. The second kappa shape index (κ2) is 5.30. The highest BCUT2D eigenvalue weighted by molar-refractivity contribution is 4.83. The molecular weight excluding hydrogens is 84.1 g/mol. The monoisotopic (exact) mass is 93.1 g/mol. The molecular formula is C7H9. The first-order valence-electron chi connectivity index (χ1n) is 2.35. The zero-order valence-electron chi connectivity index (χ0n) is 4.41. The largest absolute Gasteiger partial charge is 0.120 e. The molecule has 1 radical (unpaired) electrons. The van der Waals surface area contributed by atoms with Crippen LogP contribution in [0.2, 0.25) is 0 Å². The number of hydrogen-bond acceptors (Lipinski definition) is 0. The number of rotatable bonds is 3. The second-order valence-electron chi connectivity index (χ2n) is 1.31. The van der Waals surface area contributed by atoms with Crippen molar-refractivity contribution < 1.29 is 0 Å². The van der Waals surface area contributed by atoms with E-state index in [1.165, 1.54) is 0 Å². The molecule has 7 heavy (non-hydrogen) atoms. The van der Waals surface area contributed by atoms with Crippen LogP contribution in [0.25, 0.3) is 0 Å². The van der Waals surface area contributed by atoms with Crippen LogP contribution in [0, 0.1) is 18.4 Å². The van der Waals surface area contributed by atoms with E-state index in [1.54, 1.807) is 0 Å². The van der Waals surface area contributed by atoms with E-state index in [9.17, 15) is 0 Å². The third kappa shape index (κ3) is 5.30. The van der Waals surface area contributed by atoms with Gasteiger partial charge in [0.2, 0.25) is 0 Å². The average Bonchev–Trinajstić information content (AvgIpc) is 1.69. The van der Waals surface area contributed by atoms with Crippen LogP contribution in [0.5, 0.6) is 0 Å². The molecule has 0 saturated heterocycles. The first-order valence-corrected chi connectivity index (χ1v) is 2.35. The highest BCUT2D eigenvalue weighted by Gasteiger charge is 1.74. The molecule has 0 rings (SSSR count). The fraction of sp³-hybridized carbons (Fsp3) is 0.429. The van der Waals surface area contributed by atoms with Gasteiger partial charge >= 0.3 is 0 Å². The van der Waals surface area contributed by atoms with E-state index >= 15 is 0 Å². The van der Waals surface area contributed by atoms with E-state index in [0.717, 1.165) is 19.3 Å². The standard InChI is InChI=1S/C7H9/c1-3-5-7-6-4-2/h1H,2,5-7H2. The lowest BCUT2D eigenvalue weighted by Crippen LogP contribution is -1.65. The summed E-state index contributed by atoms with van der Waals surface area (Å²) in [6, 6.07) is 0. The van der Waals surface area contributed by atoms with Crippen molar-refractivity contribution in [3.05, 3.63) is 12.7 Å². The number of hydrogen-bond donors (Lipinski definition) is 0. The molecule has 0 spiro atoms. The van der Waals surface area contributed by atoms with Crippen molar-refractivity contribution in [1.29, 1.82) is 0 Å². The van der Waals surface area contributed by atoms with Crippen molar-refractivity contribution in [3.63, 3.8) is 0 Å². The van der Waals surface area contributed by atoms with Crippen LogP contribution in [0.1, 0.15) is 19.3 Å². The quantitative estimate of drug-likeness (QED) is 0.368. The van der Waals surface area contributed by atoms with Crippen LogP contribution >= 0.6 is 0 Å². The molecule has 0 heteroatoms. The Labute approximate surface area is 45.2 Å². The van der Waals surface area contributed by atoms with E-state index in [0.29, 0.717) is 0 Å². The summed E-state index contributed by atoms with van der Waals surface area (Å²) in [4.78, 5) is 0. The highest BCUT2D eigenvalue weighted by atomic mass is 13.8. The van der Waals surface area contributed by atoms with Gasteiger partial charge in [-0.3, -0.25) is 0 Å². The number of allylic oxidation sites excluding steroid dienone is 1. The van der Waals surface area contributed by atoms with Gasteiger partial charge < -0.3 is 0 Å². The SMILES string of the molecule is C#CCCC[C]=C. The molecule has 0 amide bonds. The van der Waals surface area contributed by atoms with Crippen molar-refractivity contribution in [2.75, 3.05) is 0 Å². The van der Waals surface area contributed by atoms with Crippen molar-refractivity contribution in [2.45, 2.75) is 19.3 Å². The molecule has 37 valence electrons. The van der Waals surface area contributed by atoms with Crippen molar-refractivity contribution in [2.24, 2.45) is 0 Å². The van der Waals surface area contributed by atoms with Crippen LogP contribution in [0.15, 0.2) is 6.58 Å². The molecule has 0 aromatic rings. The lowest BCUT2D eigenvalue weighted by Gasteiger charge is -1.81. The topological polar surface area (TPSA) is 0 Å². The van der Waals surface area contributed by atoms with Crippen LogP contribution in [0.3, 0.4) is 0 Å². The van der Waals surface area contributed by atoms with Crippen LogP contribution in [0.4, 0.5) is 0 Å². The maximum atomic E-state index is 4.97. The lowest BCUT2D eigenvalue weighted by molar-refractivity contribution is 0.873. The Hall–Kier alpha value is -0.700. The minimum atomic E-state index is 0.850. The average molecular weight is 93.1 g/mol. The molecule has 0 fully saturated rings. The van der Waals surface area contributed by atoms with Gasteiger partial charge in [-0.2, -0.15) is 0 Å². The summed E-state index contributed by atoms with van der Waals surface area (Å²) in [6.07, 6.45) is 10.5. The maximum absolute atomic E-state index is 4.97. The summed E-state index contributed by atoms with van der Waals surface area (Å²) < 4.78 is 0. The predicted molar refractivity (Wildman–Crippen MR) is 31.6 cm³/mol. The summed E-state index contributed by atoms with van der Waals surface area (Å²) in [7, 11) is 0. The molecule has 0 bridgehead atoms. The van der Waals surface area contributed by atoms with Crippen LogP contribution in [-0.4, -0.2) is 0 Å². The van der Waals surface area contributed by atoms with E-state index in [-0.39, 0.29) is 0 Å². The Bertz CT molecular complexity index is 74.5. The smallest absolute Gasteiger partial charge is 0.00892 e. The zero-order valence-corrected chi connectivity index (χ0v) is 4.41. The molecule has 0 atom stereocenters. The highest BCUT2D eigenvalue weighted by Crippen LogP contribution is 1.90. The number of terminal acetylenes is 1. The zero-order chi connectivity index (χ0) is 5.54. The molecule has 0 aromatic heterocycles. The van der Waals surface area contributed by atoms with Gasteiger partial charge in [0.15, 0.2) is 0 Å². The van der Waals surface area contributed by atoms with Gasteiger partial charge in [-0.15, -0.1) is 12.3 Å². The van der Waals surface area contributed by atoms with E-state index in [2.05, 4.69) is 18.6 Å². The van der Waals surface area contributed by atoms with Gasteiger partial charge in [0, 0.05) is 6.42 Å². The molecule has 0 N–H and O–H groups in total. The van der Waals surface area contributed by atoms with Crippen molar-refractivity contribution >= 4 is 0 Å². The van der Waals surface area contributed by atoms with E-state index in [4.69, 9.17) is 6.42 Å². The molecule has 0 aromatic carbocycles. The fourth-order valence-corrected chi connectivity index (χ4v) is 0.315. The van der Waals surface area contributed by atoms with E-state index in [1.807, 2.05) is 0 Å². The number of unbranched alkanes of at least 4 members (excludes halogenated alkanes) is 2. The van der Waals surface area contributed by atoms with E-state index < -0.39 is 0 Å². The van der Waals surface area contributed by atoms with Crippen LogP contribution < -0.4 is 0 Å². The molecule has 0 unspecified atom stereocenters. The summed E-state index contributed by atoms with van der Waals surface area (Å²) in [5.41, 5.74) is 0. The molecule has 0 nitrogen and oxygen atoms in total. The predicted octanol–water partition coefficient (Wildman–Crippen LogP) is 1.78. The Kier molecular flexibility index (Phi) is 4.77. The third-order valence-corrected chi connectivity index (χ3v) is 0.675. The van der Waals surface area contributed by atoms with Gasteiger partial charge in [-0.25, -0.2) is 0 Å². The Morgan fingerprint density at radius 2 is 2.14 bits per heavy atom. The second-order valence-corrected chi connectivity index (χ2v) is 1.31. The molecule has 0 saturated carbocycles. The minimum absolute atomic E-state index is 0.850. The third-order valence-electron chi connectivity index (χ3n) is 0.675. The van der Waals surface area contributed by atoms with Crippen LogP contribution in [-0.2, 0) is 0 Å². The Balaban J connectivity index is 2.72. The van der Waals surface area contributed by atoms with Gasteiger partial charge in [-0.1, -0.05) is 12.7 Å². The molecule has 0 aliphatic carbocycles. The summed E-state index contributed by atoms with van der Waals surface area (Å²) in [5, 5.41) is 0. The molecule has 0 heterocycles. The summed E-state index contributed by atoms with van der Waals surface area (Å²) >= 11 is 0. The van der Waals surface area contributed by atoms with Gasteiger partial charge in [0.05, 0.1) is 0 Å². The Morgan fingerprint density at radius 3 is 2.57 bits per heavy atom. The van der Waals surface area contributed by atoms with Gasteiger partial charge in [-0.05, 0) is 12.8 Å². The fourth-order valence-electron chi connectivity index (χ4n) is 0.315. The maximum Gasteiger partial charge on any atom is 0.00892 e. The first kappa shape index (κ1) is 6.30. The molecule has 0 aliphatic rings. The normalized spacial score (nSPS) is 7.29. The molecule has 0 aliphatic heterocycles. The van der Waals surface area contributed by atoms with Crippen molar-refractivity contribution in [3.8, 4) is 12.3 Å². The summed E-state index contributed by atoms with van der Waals surface area (Å²) in [5.74, 6) is 2.53. The Morgan fingerprint density at radius 1 is 1.43 bits per heavy atom. The minimum Gasteiger partial charge on any atom is -0.120 e. The summed E-state index contributed by atoms with van der Waals surface area (Å²) in [6.45, 7) is 3.44. The van der Waals surface area contributed by atoms with Crippen molar-refractivity contribution in [1.82, 2.24) is 0 Å². The van der Waals surface area contributed by atoms with Gasteiger partial charge in [0.25, 0.3) is 0 Å².